The monoisotopic (exact) mass is 264 g/mol. The summed E-state index contributed by atoms with van der Waals surface area (Å²) in [5.74, 6) is 0. The molecule has 0 amide bonds. The maximum atomic E-state index is 6.02. The zero-order valence-electron chi connectivity index (χ0n) is 12.4. The molecule has 19 heavy (non-hydrogen) atoms. The second kappa shape index (κ2) is 7.06. The molecule has 1 fully saturated rings. The lowest BCUT2D eigenvalue weighted by atomic mass is 9.90. The Morgan fingerprint density at radius 3 is 2.68 bits per heavy atom. The van der Waals surface area contributed by atoms with Gasteiger partial charge in [-0.05, 0) is 51.6 Å². The van der Waals surface area contributed by atoms with Crippen LogP contribution in [0.2, 0.25) is 0 Å². The smallest absolute Gasteiger partial charge is 0.0524 e. The van der Waals surface area contributed by atoms with Gasteiger partial charge in [0.25, 0.3) is 0 Å². The lowest BCUT2D eigenvalue weighted by Crippen LogP contribution is -2.41. The van der Waals surface area contributed by atoms with E-state index in [0.717, 1.165) is 13.1 Å². The van der Waals surface area contributed by atoms with Crippen molar-refractivity contribution in [2.75, 3.05) is 6.54 Å². The van der Waals surface area contributed by atoms with Gasteiger partial charge in [-0.1, -0.05) is 6.92 Å². The number of aryl methyl sites for hydroxylation is 1. The van der Waals surface area contributed by atoms with E-state index in [1.54, 1.807) is 0 Å². The maximum absolute atomic E-state index is 6.02. The van der Waals surface area contributed by atoms with Crippen LogP contribution in [0.5, 0.6) is 0 Å². The molecule has 0 aliphatic heterocycles. The average Bonchev–Trinajstić information content (AvgIpc) is 2.86. The zero-order chi connectivity index (χ0) is 13.7. The van der Waals surface area contributed by atoms with Gasteiger partial charge >= 0.3 is 0 Å². The first-order valence-corrected chi connectivity index (χ1v) is 7.74. The number of nitrogens with two attached hydrogens (primary N) is 1. The molecule has 0 atom stereocenters. The number of aromatic nitrogens is 2. The van der Waals surface area contributed by atoms with Gasteiger partial charge in [0.1, 0.15) is 0 Å². The Morgan fingerprint density at radius 2 is 2.05 bits per heavy atom. The molecule has 1 heterocycles. The molecule has 0 spiro atoms. The lowest BCUT2D eigenvalue weighted by molar-refractivity contribution is 0.138. The molecule has 0 unspecified atom stereocenters. The van der Waals surface area contributed by atoms with Crippen molar-refractivity contribution < 1.29 is 0 Å². The Bertz CT molecular complexity index is 366. The van der Waals surface area contributed by atoms with Crippen molar-refractivity contribution in [2.24, 2.45) is 5.73 Å². The van der Waals surface area contributed by atoms with E-state index < -0.39 is 0 Å². The van der Waals surface area contributed by atoms with Crippen LogP contribution in [-0.4, -0.2) is 33.3 Å². The van der Waals surface area contributed by atoms with Crippen LogP contribution in [0.3, 0.4) is 0 Å². The molecule has 0 bridgehead atoms. The maximum Gasteiger partial charge on any atom is 0.0524 e. The van der Waals surface area contributed by atoms with Crippen molar-refractivity contribution in [3.05, 3.63) is 18.0 Å². The molecular weight excluding hydrogens is 236 g/mol. The number of hydrogen-bond donors (Lipinski definition) is 1. The Balaban J connectivity index is 1.99. The van der Waals surface area contributed by atoms with E-state index in [4.69, 9.17) is 5.73 Å². The second-order valence-electron chi connectivity index (χ2n) is 5.68. The third kappa shape index (κ3) is 3.80. The van der Waals surface area contributed by atoms with Crippen molar-refractivity contribution in [2.45, 2.75) is 71.1 Å². The normalized spacial score (nSPS) is 24.0. The highest BCUT2D eigenvalue weighted by molar-refractivity contribution is 5.01. The van der Waals surface area contributed by atoms with Gasteiger partial charge in [0, 0.05) is 31.4 Å². The van der Waals surface area contributed by atoms with E-state index in [9.17, 15) is 0 Å². The first kappa shape index (κ1) is 14.5. The highest BCUT2D eigenvalue weighted by Crippen LogP contribution is 2.23. The summed E-state index contributed by atoms with van der Waals surface area (Å²) in [5.41, 5.74) is 7.36. The van der Waals surface area contributed by atoms with Gasteiger partial charge in [-0.25, -0.2) is 0 Å². The number of nitrogens with zero attached hydrogens (tertiary/aromatic N) is 3. The first-order chi connectivity index (χ1) is 9.24. The number of hydrogen-bond acceptors (Lipinski definition) is 3. The summed E-state index contributed by atoms with van der Waals surface area (Å²) in [4.78, 5) is 2.63. The minimum atomic E-state index is 0.431. The van der Waals surface area contributed by atoms with Crippen LogP contribution < -0.4 is 5.73 Å². The van der Waals surface area contributed by atoms with Gasteiger partial charge < -0.3 is 5.73 Å². The summed E-state index contributed by atoms with van der Waals surface area (Å²) in [5, 5.41) is 4.38. The van der Waals surface area contributed by atoms with Gasteiger partial charge in [0.2, 0.25) is 0 Å². The van der Waals surface area contributed by atoms with Gasteiger partial charge in [0.05, 0.1) is 5.69 Å². The summed E-state index contributed by atoms with van der Waals surface area (Å²) < 4.78 is 2.11. The fourth-order valence-electron chi connectivity index (χ4n) is 3.13. The molecule has 4 nitrogen and oxygen atoms in total. The van der Waals surface area contributed by atoms with Crippen molar-refractivity contribution in [3.63, 3.8) is 0 Å². The molecule has 0 radical (unpaired) electrons. The van der Waals surface area contributed by atoms with E-state index in [0.29, 0.717) is 12.1 Å². The zero-order valence-corrected chi connectivity index (χ0v) is 12.4. The predicted molar refractivity (Wildman–Crippen MR) is 78.8 cm³/mol. The molecule has 108 valence electrons. The Kier molecular flexibility index (Phi) is 5.40. The summed E-state index contributed by atoms with van der Waals surface area (Å²) in [7, 11) is 0. The van der Waals surface area contributed by atoms with Crippen LogP contribution in [0.1, 0.15) is 51.6 Å². The van der Waals surface area contributed by atoms with Gasteiger partial charge in [-0.2, -0.15) is 5.10 Å². The molecule has 4 heteroatoms. The summed E-state index contributed by atoms with van der Waals surface area (Å²) in [6, 6.07) is 3.29. The molecular formula is C15H28N4. The average molecular weight is 264 g/mol. The van der Waals surface area contributed by atoms with E-state index in [1.807, 2.05) is 6.20 Å². The summed E-state index contributed by atoms with van der Waals surface area (Å²) >= 11 is 0. The topological polar surface area (TPSA) is 47.1 Å². The molecule has 0 aromatic carbocycles. The second-order valence-corrected chi connectivity index (χ2v) is 5.68. The van der Waals surface area contributed by atoms with Crippen LogP contribution in [0, 0.1) is 0 Å². The molecule has 1 aliphatic rings. The van der Waals surface area contributed by atoms with E-state index in [2.05, 4.69) is 34.6 Å². The minimum absolute atomic E-state index is 0.431. The molecule has 0 saturated heterocycles. The van der Waals surface area contributed by atoms with Crippen molar-refractivity contribution in [1.29, 1.82) is 0 Å². The van der Waals surface area contributed by atoms with E-state index >= 15 is 0 Å². The first-order valence-electron chi connectivity index (χ1n) is 7.74. The van der Waals surface area contributed by atoms with Gasteiger partial charge in [-0.3, -0.25) is 9.58 Å². The summed E-state index contributed by atoms with van der Waals surface area (Å²) in [6.07, 6.45) is 7.99. The molecule has 2 N–H and O–H groups in total. The minimum Gasteiger partial charge on any atom is -0.328 e. The van der Waals surface area contributed by atoms with E-state index in [1.165, 1.54) is 44.3 Å². The lowest BCUT2D eigenvalue weighted by Gasteiger charge is -2.36. The third-order valence-corrected chi connectivity index (χ3v) is 4.24. The SMILES string of the molecule is CCCN(Cc1ccnn1CC)C1CCC(N)CC1. The van der Waals surface area contributed by atoms with Crippen LogP contribution in [0.25, 0.3) is 0 Å². The predicted octanol–water partition coefficient (Wildman–Crippen LogP) is 2.38. The molecule has 1 aromatic heterocycles. The molecule has 1 aliphatic carbocycles. The Hall–Kier alpha value is -0.870. The van der Waals surface area contributed by atoms with Crippen LogP contribution in [0.15, 0.2) is 12.3 Å². The fraction of sp³-hybridized carbons (Fsp3) is 0.800. The van der Waals surface area contributed by atoms with Gasteiger partial charge in [-0.15, -0.1) is 0 Å². The van der Waals surface area contributed by atoms with Crippen molar-refractivity contribution in [1.82, 2.24) is 14.7 Å². The molecule has 1 aromatic rings. The van der Waals surface area contributed by atoms with Crippen LogP contribution in [0.4, 0.5) is 0 Å². The van der Waals surface area contributed by atoms with Crippen molar-refractivity contribution >= 4 is 0 Å². The third-order valence-electron chi connectivity index (χ3n) is 4.24. The summed E-state index contributed by atoms with van der Waals surface area (Å²) in [6.45, 7) is 7.58. The van der Waals surface area contributed by atoms with Crippen LogP contribution >= 0.6 is 0 Å². The van der Waals surface area contributed by atoms with E-state index in [-0.39, 0.29) is 0 Å². The van der Waals surface area contributed by atoms with Gasteiger partial charge in [0.15, 0.2) is 0 Å². The number of rotatable bonds is 6. The fourth-order valence-corrected chi connectivity index (χ4v) is 3.13. The Labute approximate surface area is 117 Å². The highest BCUT2D eigenvalue weighted by atomic mass is 15.3. The molecule has 2 rings (SSSR count). The largest absolute Gasteiger partial charge is 0.328 e. The standard InChI is InChI=1S/C15H28N4/c1-3-11-18(14-7-5-13(16)6-8-14)12-15-9-10-17-19(15)4-2/h9-10,13-14H,3-8,11-12,16H2,1-2H3. The quantitative estimate of drug-likeness (QED) is 0.858. The van der Waals surface area contributed by atoms with Crippen LogP contribution in [-0.2, 0) is 13.1 Å². The molecule has 1 saturated carbocycles. The highest BCUT2D eigenvalue weighted by Gasteiger charge is 2.24. The Morgan fingerprint density at radius 1 is 1.32 bits per heavy atom. The van der Waals surface area contributed by atoms with Crippen molar-refractivity contribution in [3.8, 4) is 0 Å².